The molecule has 1 N–H and O–H groups in total. The molecule has 0 aromatic heterocycles. The molecule has 1 aliphatic rings. The molecule has 3 aromatic rings. The molecule has 200 valence electrons. The van der Waals surface area contributed by atoms with Gasteiger partial charge in [0.05, 0.1) is 5.02 Å². The third-order valence-corrected chi connectivity index (χ3v) is 7.48. The first-order chi connectivity index (χ1) is 18.4. The molecule has 2 amide bonds. The lowest BCUT2D eigenvalue weighted by atomic mass is 9.94. The highest BCUT2D eigenvalue weighted by molar-refractivity contribution is 6.35. The van der Waals surface area contributed by atoms with Crippen LogP contribution in [-0.2, 0) is 22.6 Å². The van der Waals surface area contributed by atoms with Crippen molar-refractivity contribution in [1.82, 2.24) is 10.2 Å². The zero-order valence-electron chi connectivity index (χ0n) is 21.0. The summed E-state index contributed by atoms with van der Waals surface area (Å²) in [5, 5.41) is 4.56. The van der Waals surface area contributed by atoms with E-state index >= 15 is 0 Å². The van der Waals surface area contributed by atoms with E-state index in [1.165, 1.54) is 6.42 Å². The predicted octanol–water partition coefficient (Wildman–Crippen LogP) is 7.11. The minimum atomic E-state index is -0.741. The van der Waals surface area contributed by atoms with Crippen molar-refractivity contribution in [2.24, 2.45) is 0 Å². The molecule has 3 aromatic carbocycles. The van der Waals surface area contributed by atoms with Crippen LogP contribution in [0.5, 0.6) is 5.75 Å². The van der Waals surface area contributed by atoms with Crippen molar-refractivity contribution < 1.29 is 14.3 Å². The molecule has 0 unspecified atom stereocenters. The molecule has 4 rings (SSSR count). The van der Waals surface area contributed by atoms with Crippen molar-refractivity contribution in [2.45, 2.75) is 57.2 Å². The summed E-state index contributed by atoms with van der Waals surface area (Å²) in [6.45, 7) is -0.0867. The third-order valence-electron chi connectivity index (χ3n) is 6.71. The van der Waals surface area contributed by atoms with Gasteiger partial charge in [0.1, 0.15) is 11.8 Å². The highest BCUT2D eigenvalue weighted by Crippen LogP contribution is 2.28. The van der Waals surface area contributed by atoms with Crippen molar-refractivity contribution in [2.75, 3.05) is 6.61 Å². The van der Waals surface area contributed by atoms with Crippen LogP contribution in [-0.4, -0.2) is 35.4 Å². The maximum atomic E-state index is 13.8. The smallest absolute Gasteiger partial charge is 0.261 e. The molecule has 1 saturated carbocycles. The fourth-order valence-electron chi connectivity index (χ4n) is 4.74. The normalized spacial score (nSPS) is 14.5. The number of carbonyl (C=O) groups excluding carboxylic acids is 2. The van der Waals surface area contributed by atoms with Crippen LogP contribution in [0, 0.1) is 0 Å². The Balaban J connectivity index is 1.62. The van der Waals surface area contributed by atoms with E-state index in [0.717, 1.165) is 36.8 Å². The highest BCUT2D eigenvalue weighted by atomic mass is 35.5. The van der Waals surface area contributed by atoms with Gasteiger partial charge < -0.3 is 15.0 Å². The van der Waals surface area contributed by atoms with E-state index in [-0.39, 0.29) is 31.0 Å². The topological polar surface area (TPSA) is 58.6 Å². The van der Waals surface area contributed by atoms with E-state index in [2.05, 4.69) is 5.32 Å². The lowest BCUT2D eigenvalue weighted by Gasteiger charge is -2.33. The summed E-state index contributed by atoms with van der Waals surface area (Å²) in [5.74, 6) is -0.158. The van der Waals surface area contributed by atoms with Crippen LogP contribution in [0.2, 0.25) is 15.1 Å². The van der Waals surface area contributed by atoms with Crippen molar-refractivity contribution in [1.29, 1.82) is 0 Å². The summed E-state index contributed by atoms with van der Waals surface area (Å²) < 4.78 is 5.79. The molecule has 1 atom stereocenters. The van der Waals surface area contributed by atoms with E-state index in [9.17, 15) is 9.59 Å². The first-order valence-electron chi connectivity index (χ1n) is 12.8. The maximum Gasteiger partial charge on any atom is 0.261 e. The first-order valence-corrected chi connectivity index (χ1v) is 14.0. The molecular weight excluding hydrogens is 543 g/mol. The van der Waals surface area contributed by atoms with Gasteiger partial charge in [-0.3, -0.25) is 9.59 Å². The van der Waals surface area contributed by atoms with Gasteiger partial charge in [0.15, 0.2) is 6.61 Å². The largest absolute Gasteiger partial charge is 0.482 e. The van der Waals surface area contributed by atoms with Crippen molar-refractivity contribution in [3.8, 4) is 5.75 Å². The molecule has 0 saturated heterocycles. The van der Waals surface area contributed by atoms with Gasteiger partial charge in [-0.15, -0.1) is 0 Å². The molecule has 1 fully saturated rings. The Morgan fingerprint density at radius 2 is 1.58 bits per heavy atom. The van der Waals surface area contributed by atoms with Crippen molar-refractivity contribution in [3.05, 3.63) is 99.0 Å². The van der Waals surface area contributed by atoms with Crippen LogP contribution in [0.25, 0.3) is 0 Å². The van der Waals surface area contributed by atoms with E-state index in [1.807, 2.05) is 42.5 Å². The number of nitrogens with zero attached hydrogens (tertiary/aromatic N) is 1. The van der Waals surface area contributed by atoms with Crippen molar-refractivity contribution >= 4 is 46.6 Å². The molecular formula is C30H31Cl3N2O3. The third kappa shape index (κ3) is 8.13. The van der Waals surface area contributed by atoms with Gasteiger partial charge in [-0.2, -0.15) is 0 Å². The van der Waals surface area contributed by atoms with Crippen LogP contribution in [0.4, 0.5) is 0 Å². The van der Waals surface area contributed by atoms with Gasteiger partial charge >= 0.3 is 0 Å². The average molecular weight is 574 g/mol. The number of rotatable bonds is 10. The van der Waals surface area contributed by atoms with Gasteiger partial charge in [-0.1, -0.05) is 96.5 Å². The Morgan fingerprint density at radius 1 is 0.868 bits per heavy atom. The molecule has 0 bridgehead atoms. The lowest BCUT2D eigenvalue weighted by Crippen LogP contribution is -2.53. The van der Waals surface area contributed by atoms with Crippen molar-refractivity contribution in [3.63, 3.8) is 0 Å². The van der Waals surface area contributed by atoms with E-state index in [4.69, 9.17) is 39.5 Å². The predicted molar refractivity (Wildman–Crippen MR) is 153 cm³/mol. The molecule has 8 heteroatoms. The lowest BCUT2D eigenvalue weighted by molar-refractivity contribution is -0.143. The fourth-order valence-corrected chi connectivity index (χ4v) is 5.42. The van der Waals surface area contributed by atoms with Gasteiger partial charge in [0.2, 0.25) is 5.91 Å². The molecule has 5 nitrogen and oxygen atoms in total. The minimum Gasteiger partial charge on any atom is -0.482 e. The van der Waals surface area contributed by atoms with Crippen LogP contribution in [0.1, 0.15) is 43.2 Å². The maximum absolute atomic E-state index is 13.8. The summed E-state index contributed by atoms with van der Waals surface area (Å²) in [4.78, 5) is 29.1. The van der Waals surface area contributed by atoms with Gasteiger partial charge in [-0.05, 0) is 54.3 Å². The summed E-state index contributed by atoms with van der Waals surface area (Å²) in [7, 11) is 0. The van der Waals surface area contributed by atoms with Crippen LogP contribution in [0.3, 0.4) is 0 Å². The molecule has 0 spiro atoms. The Bertz CT molecular complexity index is 1230. The second-order valence-corrected chi connectivity index (χ2v) is 10.8. The Labute approximate surface area is 239 Å². The minimum absolute atomic E-state index is 0.113. The zero-order valence-corrected chi connectivity index (χ0v) is 23.3. The number of halogens is 3. The van der Waals surface area contributed by atoms with E-state index in [0.29, 0.717) is 27.2 Å². The Kier molecular flexibility index (Phi) is 10.3. The molecule has 0 heterocycles. The monoisotopic (exact) mass is 572 g/mol. The van der Waals surface area contributed by atoms with E-state index < -0.39 is 6.04 Å². The number of carbonyl (C=O) groups is 2. The Hall–Kier alpha value is -2.73. The average Bonchev–Trinajstić information content (AvgIpc) is 2.91. The van der Waals surface area contributed by atoms with Crippen LogP contribution >= 0.6 is 34.8 Å². The zero-order chi connectivity index (χ0) is 26.9. The van der Waals surface area contributed by atoms with Crippen LogP contribution in [0.15, 0.2) is 72.8 Å². The SMILES string of the molecule is O=C(NC1CCCCC1)[C@@H](Cc1ccccc1)N(Cc1cccc(Cl)c1)C(=O)COc1ccc(Cl)cc1Cl. The second-order valence-electron chi connectivity index (χ2n) is 9.56. The molecule has 0 aliphatic heterocycles. The van der Waals surface area contributed by atoms with E-state index in [1.54, 1.807) is 35.2 Å². The summed E-state index contributed by atoms with van der Waals surface area (Å²) in [6, 6.07) is 21.2. The number of benzene rings is 3. The quantitative estimate of drug-likeness (QED) is 0.281. The van der Waals surface area contributed by atoms with Gasteiger partial charge in [0.25, 0.3) is 5.91 Å². The second kappa shape index (κ2) is 13.9. The first kappa shape index (κ1) is 28.3. The number of ether oxygens (including phenoxy) is 1. The fraction of sp³-hybridized carbons (Fsp3) is 0.333. The van der Waals surface area contributed by atoms with Gasteiger partial charge in [-0.25, -0.2) is 0 Å². The molecule has 1 aliphatic carbocycles. The number of amides is 2. The summed E-state index contributed by atoms with van der Waals surface area (Å²) >= 11 is 18.5. The number of hydrogen-bond acceptors (Lipinski definition) is 3. The number of hydrogen-bond donors (Lipinski definition) is 1. The standard InChI is InChI=1S/C30H31Cl3N2O3/c31-23-11-7-10-22(16-23)19-35(29(36)20-38-28-15-14-24(32)18-26(28)33)27(17-21-8-3-1-4-9-21)30(37)34-25-12-5-2-6-13-25/h1,3-4,7-11,14-16,18,25,27H,2,5-6,12-13,17,19-20H2,(H,34,37)/t27-/m1/s1. The molecule has 0 radical (unpaired) electrons. The summed E-state index contributed by atoms with van der Waals surface area (Å²) in [6.07, 6.45) is 5.63. The van der Waals surface area contributed by atoms with Gasteiger partial charge in [0, 0.05) is 29.1 Å². The highest BCUT2D eigenvalue weighted by Gasteiger charge is 2.32. The van der Waals surface area contributed by atoms with Crippen LogP contribution < -0.4 is 10.1 Å². The molecule has 38 heavy (non-hydrogen) atoms. The Morgan fingerprint density at radius 3 is 2.29 bits per heavy atom. The number of nitrogens with one attached hydrogen (secondary N) is 1. The summed E-state index contributed by atoms with van der Waals surface area (Å²) in [5.41, 5.74) is 1.78.